The Morgan fingerprint density at radius 3 is 2.53 bits per heavy atom. The fourth-order valence-corrected chi connectivity index (χ4v) is 4.07. The van der Waals surface area contributed by atoms with Gasteiger partial charge in [0.2, 0.25) is 0 Å². The molecule has 34 heavy (non-hydrogen) atoms. The number of piperidine rings is 1. The lowest BCUT2D eigenvalue weighted by Gasteiger charge is -2.38. The minimum absolute atomic E-state index is 0.136. The number of nitrogens with zero attached hydrogens (tertiary/aromatic N) is 3. The van der Waals surface area contributed by atoms with Crippen LogP contribution in [0.5, 0.6) is 5.75 Å². The van der Waals surface area contributed by atoms with Crippen LogP contribution >= 0.6 is 0 Å². The van der Waals surface area contributed by atoms with Gasteiger partial charge < -0.3 is 25.2 Å². The number of likely N-dealkylation sites (tertiary alicyclic amines) is 1. The summed E-state index contributed by atoms with van der Waals surface area (Å²) in [5, 5.41) is 18.2. The largest absolute Gasteiger partial charge is 0.507 e. The Morgan fingerprint density at radius 2 is 1.85 bits per heavy atom. The van der Waals surface area contributed by atoms with Gasteiger partial charge in [-0.2, -0.15) is 0 Å². The average Bonchev–Trinajstić information content (AvgIpc) is 2.76. The van der Waals surface area contributed by atoms with Gasteiger partial charge >= 0.3 is 6.09 Å². The van der Waals surface area contributed by atoms with Crippen LogP contribution in [-0.2, 0) is 9.47 Å². The molecule has 2 heterocycles. The van der Waals surface area contributed by atoms with Crippen LogP contribution in [0.15, 0.2) is 30.3 Å². The topological polar surface area (TPSA) is 111 Å². The standard InChI is InChI=1S/C26H32N4O4/c1-26(2,3)34-25(32)30-12-10-19(11-13-30)33-20-14-17(15-20)8-9-18-16-22(28-29-24(18)27)21-6-4-5-7-23(21)31/h4-7,16-17,19-20,31H,10-15H2,1-3H3,(H2,27,29). The van der Waals surface area contributed by atoms with Gasteiger partial charge in [-0.05, 0) is 64.7 Å². The lowest BCUT2D eigenvalue weighted by molar-refractivity contribution is -0.0848. The second kappa shape index (κ2) is 9.90. The van der Waals surface area contributed by atoms with Crippen LogP contribution in [-0.4, -0.2) is 57.2 Å². The Hall–Kier alpha value is -3.31. The van der Waals surface area contributed by atoms with Gasteiger partial charge in [-0.25, -0.2) is 4.79 Å². The summed E-state index contributed by atoms with van der Waals surface area (Å²) in [7, 11) is 0. The number of anilines is 1. The number of rotatable bonds is 3. The number of ether oxygens (including phenoxy) is 2. The number of carbonyl (C=O) groups excluding carboxylic acids is 1. The van der Waals surface area contributed by atoms with Crippen molar-refractivity contribution >= 4 is 11.9 Å². The van der Waals surface area contributed by atoms with E-state index in [-0.39, 0.29) is 35.8 Å². The van der Waals surface area contributed by atoms with Crippen LogP contribution in [0, 0.1) is 17.8 Å². The maximum atomic E-state index is 12.2. The maximum Gasteiger partial charge on any atom is 0.410 e. The van der Waals surface area contributed by atoms with E-state index in [4.69, 9.17) is 15.2 Å². The first-order valence-electron chi connectivity index (χ1n) is 11.7. The van der Waals surface area contributed by atoms with Crippen LogP contribution in [0.4, 0.5) is 10.6 Å². The number of nitrogen functional groups attached to an aromatic ring is 1. The first kappa shape index (κ1) is 23.8. The van der Waals surface area contributed by atoms with Gasteiger partial charge in [0.25, 0.3) is 0 Å². The third kappa shape index (κ3) is 5.97. The molecule has 1 aromatic heterocycles. The Labute approximate surface area is 200 Å². The number of aromatic nitrogens is 2. The molecule has 180 valence electrons. The van der Waals surface area contributed by atoms with Crippen LogP contribution in [0.3, 0.4) is 0 Å². The molecule has 2 fully saturated rings. The zero-order valence-electron chi connectivity index (χ0n) is 20.0. The summed E-state index contributed by atoms with van der Waals surface area (Å²) in [6, 6.07) is 8.72. The van der Waals surface area contributed by atoms with Gasteiger partial charge in [-0.15, -0.1) is 10.2 Å². The number of aromatic hydroxyl groups is 1. The van der Waals surface area contributed by atoms with Crippen molar-refractivity contribution in [3.8, 4) is 28.8 Å². The second-order valence-electron chi connectivity index (χ2n) is 9.91. The van der Waals surface area contributed by atoms with Crippen molar-refractivity contribution in [2.75, 3.05) is 18.8 Å². The lowest BCUT2D eigenvalue weighted by atomic mass is 9.82. The third-order valence-electron chi connectivity index (χ3n) is 5.99. The Kier molecular flexibility index (Phi) is 6.94. The zero-order chi connectivity index (χ0) is 24.3. The van der Waals surface area contributed by atoms with E-state index in [9.17, 15) is 9.90 Å². The molecular weight excluding hydrogens is 432 g/mol. The van der Waals surface area contributed by atoms with E-state index in [1.54, 1.807) is 29.2 Å². The van der Waals surface area contributed by atoms with E-state index >= 15 is 0 Å². The fraction of sp³-hybridized carbons (Fsp3) is 0.500. The number of para-hydroxylation sites is 1. The summed E-state index contributed by atoms with van der Waals surface area (Å²) in [4.78, 5) is 14.0. The number of benzene rings is 1. The highest BCUT2D eigenvalue weighted by Gasteiger charge is 2.33. The summed E-state index contributed by atoms with van der Waals surface area (Å²) in [6.07, 6.45) is 3.51. The molecule has 4 rings (SSSR count). The number of hydrogen-bond donors (Lipinski definition) is 2. The summed E-state index contributed by atoms with van der Waals surface area (Å²) in [6.45, 7) is 6.95. The molecule has 2 aliphatic rings. The second-order valence-corrected chi connectivity index (χ2v) is 9.91. The van der Waals surface area contributed by atoms with E-state index in [0.29, 0.717) is 29.9 Å². The minimum atomic E-state index is -0.478. The monoisotopic (exact) mass is 464 g/mol. The van der Waals surface area contributed by atoms with Crippen LogP contribution < -0.4 is 5.73 Å². The number of nitrogens with two attached hydrogens (primary N) is 1. The van der Waals surface area contributed by atoms with Gasteiger partial charge in [-0.1, -0.05) is 24.0 Å². The molecule has 1 saturated heterocycles. The molecule has 1 amide bonds. The summed E-state index contributed by atoms with van der Waals surface area (Å²) in [5.41, 5.74) is 7.22. The first-order valence-corrected chi connectivity index (χ1v) is 11.7. The van der Waals surface area contributed by atoms with Gasteiger partial charge in [0.15, 0.2) is 5.82 Å². The van der Waals surface area contributed by atoms with E-state index in [1.807, 2.05) is 26.8 Å². The number of phenols is 1. The third-order valence-corrected chi connectivity index (χ3v) is 5.99. The normalized spacial score (nSPS) is 20.7. The first-order chi connectivity index (χ1) is 16.2. The van der Waals surface area contributed by atoms with Crippen LogP contribution in [0.2, 0.25) is 0 Å². The molecule has 0 bridgehead atoms. The molecule has 0 atom stereocenters. The minimum Gasteiger partial charge on any atom is -0.507 e. The highest BCUT2D eigenvalue weighted by Crippen LogP contribution is 2.33. The SMILES string of the molecule is CC(C)(C)OC(=O)N1CCC(OC2CC(C#Cc3cc(-c4ccccc4O)nnc3N)C2)CC1. The number of amides is 1. The van der Waals surface area contributed by atoms with Crippen molar-refractivity contribution in [3.63, 3.8) is 0 Å². The Bertz CT molecular complexity index is 1090. The van der Waals surface area contributed by atoms with E-state index < -0.39 is 5.60 Å². The fourth-order valence-electron chi connectivity index (χ4n) is 4.07. The van der Waals surface area contributed by atoms with Crippen molar-refractivity contribution in [1.82, 2.24) is 15.1 Å². The predicted molar refractivity (Wildman–Crippen MR) is 129 cm³/mol. The summed E-state index contributed by atoms with van der Waals surface area (Å²) >= 11 is 0. The highest BCUT2D eigenvalue weighted by molar-refractivity contribution is 5.69. The molecule has 1 aliphatic carbocycles. The molecule has 0 unspecified atom stereocenters. The summed E-state index contributed by atoms with van der Waals surface area (Å²) in [5.74, 6) is 7.06. The van der Waals surface area contributed by atoms with Crippen LogP contribution in [0.1, 0.15) is 52.0 Å². The average molecular weight is 465 g/mol. The Morgan fingerprint density at radius 1 is 1.15 bits per heavy atom. The van der Waals surface area contributed by atoms with Crippen molar-refractivity contribution < 1.29 is 19.4 Å². The maximum absolute atomic E-state index is 12.2. The molecule has 8 nitrogen and oxygen atoms in total. The highest BCUT2D eigenvalue weighted by atomic mass is 16.6. The van der Waals surface area contributed by atoms with E-state index in [2.05, 4.69) is 22.0 Å². The molecule has 1 aliphatic heterocycles. The molecule has 3 N–H and O–H groups in total. The van der Waals surface area contributed by atoms with Crippen molar-refractivity contribution in [3.05, 3.63) is 35.9 Å². The van der Waals surface area contributed by atoms with Crippen molar-refractivity contribution in [2.24, 2.45) is 5.92 Å². The summed E-state index contributed by atoms with van der Waals surface area (Å²) < 4.78 is 11.7. The van der Waals surface area contributed by atoms with Gasteiger partial charge in [0.1, 0.15) is 11.4 Å². The molecule has 2 aromatic rings. The smallest absolute Gasteiger partial charge is 0.410 e. The van der Waals surface area contributed by atoms with Crippen molar-refractivity contribution in [2.45, 2.75) is 64.3 Å². The zero-order valence-corrected chi connectivity index (χ0v) is 20.0. The molecule has 0 radical (unpaired) electrons. The predicted octanol–water partition coefficient (Wildman–Crippen LogP) is 3.98. The quantitative estimate of drug-likeness (QED) is 0.661. The van der Waals surface area contributed by atoms with Gasteiger partial charge in [0.05, 0.1) is 23.5 Å². The Balaban J connectivity index is 1.26. The molecule has 1 saturated carbocycles. The number of hydrogen-bond acceptors (Lipinski definition) is 7. The molecule has 8 heteroatoms. The van der Waals surface area contributed by atoms with Gasteiger partial charge in [0, 0.05) is 24.6 Å². The lowest BCUT2D eigenvalue weighted by Crippen LogP contribution is -2.45. The van der Waals surface area contributed by atoms with E-state index in [0.717, 1.165) is 25.7 Å². The van der Waals surface area contributed by atoms with Crippen molar-refractivity contribution in [1.29, 1.82) is 0 Å². The molecule has 1 aromatic carbocycles. The number of carbonyl (C=O) groups is 1. The van der Waals surface area contributed by atoms with Gasteiger partial charge in [-0.3, -0.25) is 0 Å². The molecular formula is C26H32N4O4. The van der Waals surface area contributed by atoms with Crippen LogP contribution in [0.25, 0.3) is 11.3 Å². The van der Waals surface area contributed by atoms with E-state index in [1.165, 1.54) is 0 Å². The number of phenolic OH excluding ortho intramolecular Hbond substituents is 1. The molecule has 0 spiro atoms.